The zero-order chi connectivity index (χ0) is 25.8. The summed E-state index contributed by atoms with van der Waals surface area (Å²) in [5.41, 5.74) is 3.00. The third kappa shape index (κ3) is 5.32. The minimum Gasteiger partial charge on any atom is -0.507 e. The number of hydrogen-bond donors (Lipinski definition) is 1. The van der Waals surface area contributed by atoms with Gasteiger partial charge in [-0.05, 0) is 59.2 Å². The highest BCUT2D eigenvalue weighted by Crippen LogP contribution is 2.41. The molecule has 1 atom stereocenters. The Balaban J connectivity index is 1.49. The molecular formula is C30H23BrN2O4. The Labute approximate surface area is 223 Å². The average Bonchev–Trinajstić information content (AvgIpc) is 3.18. The fraction of sp³-hybridized carbons (Fsp3) is 0.100. The van der Waals surface area contributed by atoms with E-state index in [1.807, 2.05) is 60.7 Å². The number of hydrogen-bond acceptors (Lipinski definition) is 5. The van der Waals surface area contributed by atoms with Gasteiger partial charge in [0.15, 0.2) is 0 Å². The van der Waals surface area contributed by atoms with Crippen molar-refractivity contribution in [1.82, 2.24) is 9.88 Å². The van der Waals surface area contributed by atoms with Gasteiger partial charge in [-0.3, -0.25) is 14.6 Å². The van der Waals surface area contributed by atoms with Gasteiger partial charge in [0, 0.05) is 29.0 Å². The van der Waals surface area contributed by atoms with Gasteiger partial charge in [-0.2, -0.15) is 0 Å². The highest BCUT2D eigenvalue weighted by Gasteiger charge is 2.46. The summed E-state index contributed by atoms with van der Waals surface area (Å²) in [6.07, 6.45) is 3.31. The Bertz CT molecular complexity index is 1450. The number of rotatable bonds is 7. The zero-order valence-electron chi connectivity index (χ0n) is 19.8. The maximum absolute atomic E-state index is 13.3. The number of carbonyl (C=O) groups excluding carboxylic acids is 2. The number of halogens is 1. The summed E-state index contributed by atoms with van der Waals surface area (Å²) in [6.45, 7) is 0.590. The lowest BCUT2D eigenvalue weighted by atomic mass is 9.95. The topological polar surface area (TPSA) is 79.7 Å². The molecule has 37 heavy (non-hydrogen) atoms. The number of carbonyl (C=O) groups is 2. The second-order valence-corrected chi connectivity index (χ2v) is 9.56. The number of aliphatic hydroxyl groups excluding tert-OH is 1. The number of ketones is 1. The second-order valence-electron chi connectivity index (χ2n) is 8.64. The molecule has 7 heteroatoms. The minimum atomic E-state index is -0.758. The van der Waals surface area contributed by atoms with Crippen molar-refractivity contribution in [3.8, 4) is 5.75 Å². The number of aliphatic hydroxyl groups is 1. The molecule has 2 heterocycles. The fourth-order valence-electron chi connectivity index (χ4n) is 4.36. The lowest BCUT2D eigenvalue weighted by Crippen LogP contribution is -2.29. The molecule has 1 aliphatic heterocycles. The van der Waals surface area contributed by atoms with Crippen molar-refractivity contribution < 1.29 is 19.4 Å². The maximum Gasteiger partial charge on any atom is 0.295 e. The van der Waals surface area contributed by atoms with E-state index in [4.69, 9.17) is 4.74 Å². The molecule has 3 aromatic carbocycles. The van der Waals surface area contributed by atoms with Gasteiger partial charge >= 0.3 is 0 Å². The predicted molar refractivity (Wildman–Crippen MR) is 143 cm³/mol. The Morgan fingerprint density at radius 3 is 2.38 bits per heavy atom. The first-order chi connectivity index (χ1) is 18.0. The van der Waals surface area contributed by atoms with E-state index in [2.05, 4.69) is 20.9 Å². The van der Waals surface area contributed by atoms with Crippen LogP contribution in [0.4, 0.5) is 0 Å². The monoisotopic (exact) mass is 554 g/mol. The van der Waals surface area contributed by atoms with Gasteiger partial charge in [0.1, 0.15) is 18.1 Å². The van der Waals surface area contributed by atoms with Gasteiger partial charge in [0.05, 0.1) is 11.6 Å². The Kier molecular flexibility index (Phi) is 7.14. The van der Waals surface area contributed by atoms with Crippen LogP contribution in [-0.2, 0) is 22.7 Å². The molecule has 1 amide bonds. The van der Waals surface area contributed by atoms with Gasteiger partial charge in [-0.25, -0.2) is 0 Å². The third-order valence-electron chi connectivity index (χ3n) is 6.16. The van der Waals surface area contributed by atoms with Gasteiger partial charge in [0.25, 0.3) is 11.7 Å². The van der Waals surface area contributed by atoms with Crippen LogP contribution < -0.4 is 4.74 Å². The molecule has 0 radical (unpaired) electrons. The van der Waals surface area contributed by atoms with Gasteiger partial charge < -0.3 is 14.7 Å². The lowest BCUT2D eigenvalue weighted by Gasteiger charge is -2.25. The van der Waals surface area contributed by atoms with Crippen LogP contribution in [0, 0.1) is 0 Å². The normalized spacial score (nSPS) is 16.7. The largest absolute Gasteiger partial charge is 0.507 e. The molecule has 0 saturated carbocycles. The van der Waals surface area contributed by atoms with Gasteiger partial charge in [0.2, 0.25) is 0 Å². The van der Waals surface area contributed by atoms with E-state index in [1.54, 1.807) is 42.7 Å². The van der Waals surface area contributed by atoms with Crippen molar-refractivity contribution >= 4 is 33.4 Å². The zero-order valence-corrected chi connectivity index (χ0v) is 21.3. The summed E-state index contributed by atoms with van der Waals surface area (Å²) in [5.74, 6) is -0.999. The first-order valence-electron chi connectivity index (χ1n) is 11.7. The molecule has 1 saturated heterocycles. The van der Waals surface area contributed by atoms with E-state index >= 15 is 0 Å². The molecule has 1 fully saturated rings. The van der Waals surface area contributed by atoms with Crippen LogP contribution in [0.1, 0.15) is 28.3 Å². The third-order valence-corrected chi connectivity index (χ3v) is 6.65. The van der Waals surface area contributed by atoms with Gasteiger partial charge in [-0.1, -0.05) is 64.5 Å². The Hall–Kier alpha value is -4.23. The molecule has 0 bridgehead atoms. The number of amides is 1. The summed E-state index contributed by atoms with van der Waals surface area (Å²) < 4.78 is 6.64. The summed E-state index contributed by atoms with van der Waals surface area (Å²) >= 11 is 3.48. The second kappa shape index (κ2) is 10.8. The summed E-state index contributed by atoms with van der Waals surface area (Å²) in [6, 6.07) is 26.9. The molecule has 1 aliphatic rings. The number of ether oxygens (including phenoxy) is 1. The summed E-state index contributed by atoms with van der Waals surface area (Å²) in [7, 11) is 0. The van der Waals surface area contributed by atoms with Crippen LogP contribution in [0.3, 0.4) is 0 Å². The number of aromatic nitrogens is 1. The van der Waals surface area contributed by atoms with Crippen LogP contribution in [0.2, 0.25) is 0 Å². The average molecular weight is 555 g/mol. The molecule has 0 aliphatic carbocycles. The smallest absolute Gasteiger partial charge is 0.295 e. The molecule has 0 spiro atoms. The molecule has 4 aromatic rings. The van der Waals surface area contributed by atoms with E-state index in [0.29, 0.717) is 23.5 Å². The van der Waals surface area contributed by atoms with E-state index in [0.717, 1.165) is 15.6 Å². The Morgan fingerprint density at radius 2 is 1.68 bits per heavy atom. The molecule has 1 N–H and O–H groups in total. The van der Waals surface area contributed by atoms with Crippen molar-refractivity contribution in [2.45, 2.75) is 19.2 Å². The number of Topliss-reactive ketones (excluding diaryl/α,β-unsaturated/α-hetero) is 1. The van der Waals surface area contributed by atoms with Crippen molar-refractivity contribution in [2.75, 3.05) is 0 Å². The SMILES string of the molecule is O=C1C(=O)N(Cc2cccnc2)C(c2cccc(Br)c2)/C1=C(\O)c1ccc(OCc2ccccc2)cc1. The molecule has 1 aromatic heterocycles. The first-order valence-corrected chi connectivity index (χ1v) is 12.5. The van der Waals surface area contributed by atoms with Crippen molar-refractivity contribution in [3.63, 3.8) is 0 Å². The van der Waals surface area contributed by atoms with E-state index in [9.17, 15) is 14.7 Å². The van der Waals surface area contributed by atoms with E-state index in [-0.39, 0.29) is 17.9 Å². The molecule has 184 valence electrons. The number of nitrogens with zero attached hydrogens (tertiary/aromatic N) is 2. The maximum atomic E-state index is 13.3. The highest BCUT2D eigenvalue weighted by atomic mass is 79.9. The van der Waals surface area contributed by atoms with Crippen molar-refractivity contribution in [3.05, 3.63) is 136 Å². The molecule has 1 unspecified atom stereocenters. The van der Waals surface area contributed by atoms with Gasteiger partial charge in [-0.15, -0.1) is 0 Å². The van der Waals surface area contributed by atoms with Crippen LogP contribution >= 0.6 is 15.9 Å². The van der Waals surface area contributed by atoms with E-state index in [1.165, 1.54) is 4.90 Å². The number of benzene rings is 3. The van der Waals surface area contributed by atoms with Crippen LogP contribution in [-0.4, -0.2) is 26.7 Å². The number of likely N-dealkylation sites (tertiary alicyclic amines) is 1. The number of pyridine rings is 1. The Morgan fingerprint density at radius 1 is 0.919 bits per heavy atom. The fourth-order valence-corrected chi connectivity index (χ4v) is 4.78. The van der Waals surface area contributed by atoms with E-state index < -0.39 is 17.7 Å². The van der Waals surface area contributed by atoms with Crippen molar-refractivity contribution in [1.29, 1.82) is 0 Å². The molecule has 6 nitrogen and oxygen atoms in total. The summed E-state index contributed by atoms with van der Waals surface area (Å²) in [5, 5.41) is 11.3. The van der Waals surface area contributed by atoms with Crippen LogP contribution in [0.15, 0.2) is 113 Å². The standard InChI is InChI=1S/C30H23BrN2O4/c31-24-10-4-9-23(16-24)27-26(29(35)30(36)33(27)18-21-8-5-15-32-17-21)28(34)22-11-13-25(14-12-22)37-19-20-6-2-1-3-7-20/h1-17,27,34H,18-19H2/b28-26+. The molecular weight excluding hydrogens is 532 g/mol. The van der Waals surface area contributed by atoms with Crippen LogP contribution in [0.5, 0.6) is 5.75 Å². The lowest BCUT2D eigenvalue weighted by molar-refractivity contribution is -0.140. The molecule has 5 rings (SSSR count). The van der Waals surface area contributed by atoms with Crippen molar-refractivity contribution in [2.24, 2.45) is 0 Å². The minimum absolute atomic E-state index is 0.0462. The predicted octanol–water partition coefficient (Wildman–Crippen LogP) is 6.05. The quantitative estimate of drug-likeness (QED) is 0.171. The first kappa shape index (κ1) is 24.5. The highest BCUT2D eigenvalue weighted by molar-refractivity contribution is 9.10. The van der Waals surface area contributed by atoms with Crippen LogP contribution in [0.25, 0.3) is 5.76 Å². The summed E-state index contributed by atoms with van der Waals surface area (Å²) in [4.78, 5) is 32.0.